The zero-order valence-corrected chi connectivity index (χ0v) is 15.0. The number of benzene rings is 2. The molecule has 134 valence electrons. The van der Waals surface area contributed by atoms with Gasteiger partial charge in [0.25, 0.3) is 5.91 Å². The summed E-state index contributed by atoms with van der Waals surface area (Å²) >= 11 is 1.53. The second-order valence-electron chi connectivity index (χ2n) is 5.63. The van der Waals surface area contributed by atoms with Crippen molar-refractivity contribution >= 4 is 22.9 Å². The number of amides is 1. The first-order chi connectivity index (χ1) is 12.4. The van der Waals surface area contributed by atoms with Gasteiger partial charge in [-0.15, -0.1) is 11.3 Å². The van der Waals surface area contributed by atoms with E-state index in [1.165, 1.54) is 18.4 Å². The Morgan fingerprint density at radius 1 is 1.23 bits per heavy atom. The van der Waals surface area contributed by atoms with Crippen LogP contribution in [-0.4, -0.2) is 17.9 Å². The molecule has 2 aromatic carbocycles. The number of hydrogen-bond donors (Lipinski definition) is 0. The van der Waals surface area contributed by atoms with Crippen LogP contribution in [0.25, 0.3) is 0 Å². The molecule has 0 saturated carbocycles. The van der Waals surface area contributed by atoms with Crippen molar-refractivity contribution in [2.75, 3.05) is 11.9 Å². The summed E-state index contributed by atoms with van der Waals surface area (Å²) in [4.78, 5) is 18.0. The number of ether oxygens (including phenoxy) is 1. The van der Waals surface area contributed by atoms with Crippen LogP contribution in [0.3, 0.4) is 0 Å². The van der Waals surface area contributed by atoms with Gasteiger partial charge in [-0.25, -0.2) is 13.8 Å². The van der Waals surface area contributed by atoms with E-state index in [9.17, 15) is 13.6 Å². The van der Waals surface area contributed by atoms with E-state index in [0.29, 0.717) is 11.3 Å². The lowest BCUT2D eigenvalue weighted by Gasteiger charge is -2.18. The zero-order chi connectivity index (χ0) is 18.7. The number of anilines is 1. The molecule has 26 heavy (non-hydrogen) atoms. The fourth-order valence-electron chi connectivity index (χ4n) is 2.40. The molecular formula is C19H16F2N2O2S. The maximum atomic E-state index is 13.9. The van der Waals surface area contributed by atoms with Crippen LogP contribution in [0.1, 0.15) is 21.1 Å². The highest BCUT2D eigenvalue weighted by atomic mass is 32.1. The van der Waals surface area contributed by atoms with Crippen molar-refractivity contribution in [3.8, 4) is 5.75 Å². The van der Waals surface area contributed by atoms with Gasteiger partial charge in [-0.1, -0.05) is 6.07 Å². The van der Waals surface area contributed by atoms with Crippen LogP contribution in [0.2, 0.25) is 0 Å². The number of nitrogens with zero attached hydrogens (tertiary/aromatic N) is 2. The fraction of sp³-hybridized carbons (Fsp3) is 0.158. The Hall–Kier alpha value is -2.80. The van der Waals surface area contributed by atoms with Crippen molar-refractivity contribution in [3.05, 3.63) is 75.7 Å². The molecule has 0 aliphatic carbocycles. The normalized spacial score (nSPS) is 10.6. The van der Waals surface area contributed by atoms with Crippen LogP contribution in [0.5, 0.6) is 5.75 Å². The van der Waals surface area contributed by atoms with E-state index >= 15 is 0 Å². The number of hydrogen-bond acceptors (Lipinski definition) is 4. The number of carbonyl (C=O) groups is 1. The molecule has 0 saturated heterocycles. The number of aryl methyl sites for hydroxylation is 1. The van der Waals surface area contributed by atoms with Gasteiger partial charge in [0.1, 0.15) is 24.0 Å². The summed E-state index contributed by atoms with van der Waals surface area (Å²) < 4.78 is 32.9. The molecule has 0 radical (unpaired) electrons. The molecule has 0 unspecified atom stereocenters. The molecule has 0 aliphatic heterocycles. The predicted octanol–water partition coefficient (Wildman–Crippen LogP) is 4.59. The summed E-state index contributed by atoms with van der Waals surface area (Å²) in [6.07, 6.45) is 0. The minimum Gasteiger partial charge on any atom is -0.487 e. The van der Waals surface area contributed by atoms with Crippen molar-refractivity contribution < 1.29 is 18.3 Å². The number of thiazole rings is 1. The highest BCUT2D eigenvalue weighted by Crippen LogP contribution is 2.23. The van der Waals surface area contributed by atoms with E-state index in [-0.39, 0.29) is 12.3 Å². The molecule has 1 aromatic heterocycles. The summed E-state index contributed by atoms with van der Waals surface area (Å²) in [5, 5.41) is 2.86. The number of halogens is 2. The molecule has 7 heteroatoms. The molecule has 3 rings (SSSR count). The average Bonchev–Trinajstić information content (AvgIpc) is 3.06. The Balaban J connectivity index is 1.76. The standard InChI is InChI=1S/C19H16F2N2O2S/c1-12-22-15(11-26-12)10-25-16-5-3-4-13(8-16)19(24)23(2)18-9-14(20)6-7-17(18)21/h3-9,11H,10H2,1-2H3. The molecule has 0 N–H and O–H groups in total. The van der Waals surface area contributed by atoms with Crippen LogP contribution in [-0.2, 0) is 6.61 Å². The van der Waals surface area contributed by atoms with Gasteiger partial charge in [0.15, 0.2) is 0 Å². The van der Waals surface area contributed by atoms with Gasteiger partial charge in [-0.05, 0) is 37.3 Å². The minimum absolute atomic E-state index is 0.126. The Kier molecular flexibility index (Phi) is 5.27. The van der Waals surface area contributed by atoms with E-state index in [2.05, 4.69) is 4.98 Å². The Morgan fingerprint density at radius 2 is 2.04 bits per heavy atom. The van der Waals surface area contributed by atoms with Crippen molar-refractivity contribution in [3.63, 3.8) is 0 Å². The second-order valence-corrected chi connectivity index (χ2v) is 6.70. The number of rotatable bonds is 5. The first-order valence-corrected chi connectivity index (χ1v) is 8.69. The van der Waals surface area contributed by atoms with E-state index in [4.69, 9.17) is 4.74 Å². The Morgan fingerprint density at radius 3 is 2.77 bits per heavy atom. The molecule has 0 aliphatic rings. The highest BCUT2D eigenvalue weighted by Gasteiger charge is 2.18. The summed E-state index contributed by atoms with van der Waals surface area (Å²) in [7, 11) is 1.39. The lowest BCUT2D eigenvalue weighted by Crippen LogP contribution is -2.27. The zero-order valence-electron chi connectivity index (χ0n) is 14.2. The van der Waals surface area contributed by atoms with Crippen LogP contribution >= 0.6 is 11.3 Å². The SMILES string of the molecule is Cc1nc(COc2cccc(C(=O)N(C)c3cc(F)ccc3F)c2)cs1. The van der Waals surface area contributed by atoms with Crippen LogP contribution in [0.4, 0.5) is 14.5 Å². The summed E-state index contributed by atoms with van der Waals surface area (Å²) in [6.45, 7) is 2.20. The summed E-state index contributed by atoms with van der Waals surface area (Å²) in [6, 6.07) is 9.53. The first-order valence-electron chi connectivity index (χ1n) is 7.81. The molecular weight excluding hydrogens is 358 g/mol. The molecule has 0 atom stereocenters. The minimum atomic E-state index is -0.673. The predicted molar refractivity (Wildman–Crippen MR) is 96.7 cm³/mol. The largest absolute Gasteiger partial charge is 0.487 e. The summed E-state index contributed by atoms with van der Waals surface area (Å²) in [5.41, 5.74) is 0.991. The Labute approximate surface area is 153 Å². The molecule has 4 nitrogen and oxygen atoms in total. The maximum absolute atomic E-state index is 13.9. The molecule has 0 bridgehead atoms. The van der Waals surface area contributed by atoms with Crippen molar-refractivity contribution in [1.82, 2.24) is 4.98 Å². The quantitative estimate of drug-likeness (QED) is 0.656. The van der Waals surface area contributed by atoms with Gasteiger partial charge >= 0.3 is 0 Å². The van der Waals surface area contributed by atoms with E-state index in [0.717, 1.165) is 33.8 Å². The highest BCUT2D eigenvalue weighted by molar-refractivity contribution is 7.09. The van der Waals surface area contributed by atoms with Crippen LogP contribution in [0, 0.1) is 18.6 Å². The van der Waals surface area contributed by atoms with Gasteiger partial charge in [-0.3, -0.25) is 4.79 Å². The van der Waals surface area contributed by atoms with Gasteiger partial charge in [0.05, 0.1) is 16.4 Å². The van der Waals surface area contributed by atoms with Gasteiger partial charge in [-0.2, -0.15) is 0 Å². The molecule has 0 fully saturated rings. The van der Waals surface area contributed by atoms with Gasteiger partial charge in [0, 0.05) is 24.1 Å². The third-order valence-corrected chi connectivity index (χ3v) is 4.53. The van der Waals surface area contributed by atoms with E-state index in [1.54, 1.807) is 24.3 Å². The lowest BCUT2D eigenvalue weighted by atomic mass is 10.1. The summed E-state index contributed by atoms with van der Waals surface area (Å²) in [5.74, 6) is -1.26. The third kappa shape index (κ3) is 4.05. The smallest absolute Gasteiger partial charge is 0.258 e. The molecule has 3 aromatic rings. The third-order valence-electron chi connectivity index (χ3n) is 3.71. The van der Waals surface area contributed by atoms with Crippen LogP contribution < -0.4 is 9.64 Å². The fourth-order valence-corrected chi connectivity index (χ4v) is 2.99. The maximum Gasteiger partial charge on any atom is 0.258 e. The van der Waals surface area contributed by atoms with Crippen molar-refractivity contribution in [2.45, 2.75) is 13.5 Å². The van der Waals surface area contributed by atoms with E-state index < -0.39 is 17.5 Å². The second kappa shape index (κ2) is 7.61. The van der Waals surface area contributed by atoms with E-state index in [1.807, 2.05) is 12.3 Å². The Bertz CT molecular complexity index is 943. The van der Waals surface area contributed by atoms with Crippen molar-refractivity contribution in [1.29, 1.82) is 0 Å². The molecule has 0 spiro atoms. The monoisotopic (exact) mass is 374 g/mol. The van der Waals surface area contributed by atoms with Gasteiger partial charge in [0.2, 0.25) is 0 Å². The number of carbonyl (C=O) groups excluding carboxylic acids is 1. The number of aromatic nitrogens is 1. The average molecular weight is 374 g/mol. The van der Waals surface area contributed by atoms with Crippen LogP contribution in [0.15, 0.2) is 47.8 Å². The first kappa shape index (κ1) is 18.0. The van der Waals surface area contributed by atoms with Gasteiger partial charge < -0.3 is 9.64 Å². The van der Waals surface area contributed by atoms with Crippen molar-refractivity contribution in [2.24, 2.45) is 0 Å². The lowest BCUT2D eigenvalue weighted by molar-refractivity contribution is 0.0991. The molecule has 1 amide bonds. The topological polar surface area (TPSA) is 42.4 Å². The molecule has 1 heterocycles.